The van der Waals surface area contributed by atoms with E-state index in [1.165, 1.54) is 19.1 Å². The second kappa shape index (κ2) is 28.6. The third-order valence-electron chi connectivity index (χ3n) is 12.6. The first-order chi connectivity index (χ1) is 36.2. The molecule has 0 radical (unpaired) electrons. The van der Waals surface area contributed by atoms with Crippen molar-refractivity contribution in [2.24, 2.45) is 23.1 Å². The molecule has 4 aromatic carbocycles. The zero-order valence-electron chi connectivity index (χ0n) is 42.5. The number of aromatic hydroxyl groups is 1. The smallest absolute Gasteiger partial charge is 0.244 e. The maximum atomic E-state index is 14.7. The van der Waals surface area contributed by atoms with Gasteiger partial charge in [0.15, 0.2) is 0 Å². The molecule has 0 spiro atoms. The number of rotatable bonds is 28. The normalized spacial score (nSPS) is 14.9. The van der Waals surface area contributed by atoms with Crippen LogP contribution in [0.25, 0.3) is 21.7 Å². The van der Waals surface area contributed by atoms with Crippen LogP contribution in [0.3, 0.4) is 0 Å². The second-order valence-corrected chi connectivity index (χ2v) is 19.6. The van der Waals surface area contributed by atoms with Crippen molar-refractivity contribution in [1.82, 2.24) is 42.2 Å². The summed E-state index contributed by atoms with van der Waals surface area (Å²) in [6, 6.07) is 16.2. The zero-order valence-corrected chi connectivity index (χ0v) is 44.2. The monoisotopic (exact) mass is 1080 g/mol. The molecular formula is C53H69N11O10S2. The highest BCUT2D eigenvalue weighted by Crippen LogP contribution is 2.21. The summed E-state index contributed by atoms with van der Waals surface area (Å²) in [5, 5.41) is 41.1. The van der Waals surface area contributed by atoms with Crippen LogP contribution >= 0.6 is 25.3 Å². The van der Waals surface area contributed by atoms with Gasteiger partial charge in [0.2, 0.25) is 47.3 Å². The highest BCUT2D eigenvalue weighted by atomic mass is 32.1. The lowest BCUT2D eigenvalue weighted by Crippen LogP contribution is -2.62. The molecule has 0 saturated heterocycles. The molecule has 1 heterocycles. The number of aliphatic hydroxyl groups is 1. The Balaban J connectivity index is 1.38. The summed E-state index contributed by atoms with van der Waals surface area (Å²) in [6.07, 6.45) is 0.462. The molecule has 76 heavy (non-hydrogen) atoms. The van der Waals surface area contributed by atoms with Crippen molar-refractivity contribution in [2.75, 3.05) is 18.1 Å². The SMILES string of the molecule is CC(C)[C@H](NC(=O)[C@H](CCCN)NC(=O)[C@@H](Cc1c[nH]c2ccccc12)NC(=O)[C@H](Cc1ccc(O)cc1)NC(=O)[C@H](CS)NC(=O)[C@@H](N)Cc1ccc2ccccc2c1)C(=O)N[C@@H](CS)C(=O)N[C@H](C(N)=O)[C@@H](C)O. The van der Waals surface area contributed by atoms with Crippen LogP contribution in [-0.4, -0.2) is 135 Å². The van der Waals surface area contributed by atoms with Crippen LogP contribution in [0, 0.1) is 5.92 Å². The standard InChI is InChI=1S/C53H69N11O10S2/c1-28(2)44(53(74)62-43(27-76)52(73)64-45(29(3)65)46(56)67)63-48(69)39(13-8-20-54)58-50(71)41(24-34-25-57-38-12-7-6-11-36(34)38)60-49(70)40(23-30-15-18-35(66)19-16-30)59-51(72)42(26-75)61-47(68)37(55)22-31-14-17-32-9-4-5-10-33(32)21-31/h4-7,9-12,14-19,21,25,28-29,37,39-45,57,65-66,75-76H,8,13,20,22-24,26-27,54-55H2,1-3H3,(H2,56,67)(H,58,71)(H,59,72)(H,60,70)(H,61,68)(H,62,74)(H,63,69)(H,64,73)/t29-,37+,39+,40+,41-,42+,43+,44+,45+/m1/s1. The quantitative estimate of drug-likeness (QED) is 0.0292. The molecule has 0 saturated carbocycles. The van der Waals surface area contributed by atoms with Gasteiger partial charge in [0.25, 0.3) is 0 Å². The van der Waals surface area contributed by atoms with E-state index >= 15 is 0 Å². The first-order valence-electron chi connectivity index (χ1n) is 24.8. The number of nitrogens with one attached hydrogen (secondary N) is 8. The Bertz CT molecular complexity index is 2830. The molecule has 5 aromatic rings. The molecule has 8 amide bonds. The number of para-hydroxylation sites is 1. The molecule has 5 rings (SSSR count). The number of benzene rings is 4. The van der Waals surface area contributed by atoms with Crippen molar-refractivity contribution in [3.8, 4) is 5.75 Å². The molecule has 23 heteroatoms. The van der Waals surface area contributed by atoms with Crippen molar-refractivity contribution in [3.63, 3.8) is 0 Å². The van der Waals surface area contributed by atoms with E-state index < -0.39 is 108 Å². The summed E-state index contributed by atoms with van der Waals surface area (Å²) in [7, 11) is 0. The van der Waals surface area contributed by atoms with Crippen LogP contribution in [0.4, 0.5) is 0 Å². The Hall–Kier alpha value is -7.18. The van der Waals surface area contributed by atoms with Gasteiger partial charge < -0.3 is 69.6 Å². The number of phenolic OH excluding ortho intramolecular Hbond substituents is 1. The van der Waals surface area contributed by atoms with Gasteiger partial charge in [-0.3, -0.25) is 38.4 Å². The fourth-order valence-corrected chi connectivity index (χ4v) is 8.84. The van der Waals surface area contributed by atoms with E-state index in [9.17, 15) is 48.6 Å². The van der Waals surface area contributed by atoms with Crippen molar-refractivity contribution in [2.45, 2.75) is 107 Å². The number of nitrogens with two attached hydrogens (primary N) is 3. The van der Waals surface area contributed by atoms with E-state index in [-0.39, 0.29) is 55.9 Å². The number of amides is 8. The lowest BCUT2D eigenvalue weighted by Gasteiger charge is -2.29. The van der Waals surface area contributed by atoms with Crippen molar-refractivity contribution in [3.05, 3.63) is 114 Å². The minimum Gasteiger partial charge on any atom is -0.508 e. The minimum atomic E-state index is -1.46. The average molecular weight is 1080 g/mol. The number of H-pyrrole nitrogens is 1. The molecule has 9 atom stereocenters. The van der Waals surface area contributed by atoms with Crippen LogP contribution in [0.15, 0.2) is 97.2 Å². The molecule has 0 aliphatic carbocycles. The number of aliphatic hydroxyl groups excluding tert-OH is 1. The third-order valence-corrected chi connectivity index (χ3v) is 13.4. The number of phenols is 1. The topological polar surface area (TPSA) is 355 Å². The first kappa shape index (κ1) is 59.7. The molecule has 21 nitrogen and oxygen atoms in total. The van der Waals surface area contributed by atoms with Gasteiger partial charge in [-0.25, -0.2) is 0 Å². The Morgan fingerprint density at radius 2 is 1.09 bits per heavy atom. The van der Waals surface area contributed by atoms with Crippen molar-refractivity contribution in [1.29, 1.82) is 0 Å². The summed E-state index contributed by atoms with van der Waals surface area (Å²) < 4.78 is 0. The van der Waals surface area contributed by atoms with Crippen LogP contribution < -0.4 is 54.4 Å². The number of hydrogen-bond acceptors (Lipinski definition) is 14. The first-order valence-corrected chi connectivity index (χ1v) is 26.1. The Labute approximate surface area is 451 Å². The molecule has 408 valence electrons. The maximum absolute atomic E-state index is 14.7. The zero-order chi connectivity index (χ0) is 55.6. The fraction of sp³-hybridized carbons (Fsp3) is 0.396. The predicted molar refractivity (Wildman–Crippen MR) is 295 cm³/mol. The summed E-state index contributed by atoms with van der Waals surface area (Å²) in [5.41, 5.74) is 20.2. The van der Waals surface area contributed by atoms with E-state index in [0.29, 0.717) is 11.1 Å². The van der Waals surface area contributed by atoms with Crippen molar-refractivity contribution < 1.29 is 48.6 Å². The second-order valence-electron chi connectivity index (χ2n) is 18.9. The number of fused-ring (bicyclic) bond motifs is 2. The van der Waals surface area contributed by atoms with Gasteiger partial charge in [-0.2, -0.15) is 25.3 Å². The predicted octanol–water partition coefficient (Wildman–Crippen LogP) is -0.104. The van der Waals surface area contributed by atoms with Gasteiger partial charge in [0.05, 0.1) is 12.1 Å². The lowest BCUT2D eigenvalue weighted by molar-refractivity contribution is -0.136. The van der Waals surface area contributed by atoms with Gasteiger partial charge in [0, 0.05) is 41.4 Å². The van der Waals surface area contributed by atoms with Crippen LogP contribution in [0.2, 0.25) is 0 Å². The number of hydrogen-bond donors (Lipinski definition) is 15. The molecule has 0 bridgehead atoms. The molecule has 0 aliphatic heterocycles. The third kappa shape index (κ3) is 16.9. The van der Waals surface area contributed by atoms with Crippen LogP contribution in [0.5, 0.6) is 5.75 Å². The molecule has 0 unspecified atom stereocenters. The van der Waals surface area contributed by atoms with Crippen LogP contribution in [-0.2, 0) is 57.6 Å². The molecule has 0 aliphatic rings. The van der Waals surface area contributed by atoms with E-state index in [1.54, 1.807) is 38.2 Å². The Kier molecular flexibility index (Phi) is 22.5. The van der Waals surface area contributed by atoms with Gasteiger partial charge >= 0.3 is 0 Å². The molecule has 1 aromatic heterocycles. The fourth-order valence-electron chi connectivity index (χ4n) is 8.33. The summed E-state index contributed by atoms with van der Waals surface area (Å²) in [5.74, 6) is -7.58. The maximum Gasteiger partial charge on any atom is 0.244 e. The average Bonchev–Trinajstić information content (AvgIpc) is 3.80. The van der Waals surface area contributed by atoms with Gasteiger partial charge in [-0.05, 0) is 84.3 Å². The van der Waals surface area contributed by atoms with Crippen molar-refractivity contribution >= 4 is 94.2 Å². The number of aromatic nitrogens is 1. The Morgan fingerprint density at radius 1 is 0.579 bits per heavy atom. The molecule has 0 fully saturated rings. The molecular weight excluding hydrogens is 1010 g/mol. The number of primary amides is 1. The summed E-state index contributed by atoms with van der Waals surface area (Å²) in [4.78, 5) is 113. The highest BCUT2D eigenvalue weighted by Gasteiger charge is 2.36. The highest BCUT2D eigenvalue weighted by molar-refractivity contribution is 7.80. The summed E-state index contributed by atoms with van der Waals surface area (Å²) >= 11 is 8.52. The lowest BCUT2D eigenvalue weighted by atomic mass is 10.00. The van der Waals surface area contributed by atoms with Crippen LogP contribution in [0.1, 0.15) is 50.3 Å². The van der Waals surface area contributed by atoms with E-state index in [4.69, 9.17) is 17.2 Å². The molecule has 16 N–H and O–H groups in total. The Morgan fingerprint density at radius 3 is 1.70 bits per heavy atom. The minimum absolute atomic E-state index is 0.00787. The van der Waals surface area contributed by atoms with E-state index in [2.05, 4.69) is 67.5 Å². The number of carbonyl (C=O) groups excluding carboxylic acids is 8. The summed E-state index contributed by atoms with van der Waals surface area (Å²) in [6.45, 7) is 4.64. The van der Waals surface area contributed by atoms with E-state index in [1.807, 2.05) is 60.7 Å². The number of carbonyl (C=O) groups is 8. The van der Waals surface area contributed by atoms with Gasteiger partial charge in [-0.15, -0.1) is 0 Å². The number of thiol groups is 2. The van der Waals surface area contributed by atoms with E-state index in [0.717, 1.165) is 27.2 Å². The largest absolute Gasteiger partial charge is 0.508 e. The van der Waals surface area contributed by atoms with Gasteiger partial charge in [0.1, 0.15) is 48.0 Å². The number of aromatic amines is 1. The van der Waals surface area contributed by atoms with Gasteiger partial charge in [-0.1, -0.05) is 86.6 Å².